The number of nitrogen functional groups attached to an aromatic ring is 1. The van der Waals surface area contributed by atoms with E-state index in [1.807, 2.05) is 13.0 Å². The summed E-state index contributed by atoms with van der Waals surface area (Å²) in [6, 6.07) is 8.86. The second-order valence-electron chi connectivity index (χ2n) is 5.99. The zero-order valence-corrected chi connectivity index (χ0v) is 16.0. The Bertz CT molecular complexity index is 853. The summed E-state index contributed by atoms with van der Waals surface area (Å²) in [7, 11) is 1.59. The maximum atomic E-state index is 12.6. The van der Waals surface area contributed by atoms with Crippen LogP contribution in [0.1, 0.15) is 41.4 Å². The molecule has 0 aliphatic heterocycles. The minimum atomic E-state index is -0.327. The molecule has 0 unspecified atom stereocenters. The lowest BCUT2D eigenvalue weighted by Crippen LogP contribution is -2.16. The number of carbonyl (C=O) groups excluding carboxylic acids is 1. The van der Waals surface area contributed by atoms with Gasteiger partial charge in [0.25, 0.3) is 5.91 Å². The fourth-order valence-corrected chi connectivity index (χ4v) is 2.38. The topological polar surface area (TPSA) is 86.5 Å². The van der Waals surface area contributed by atoms with Crippen molar-refractivity contribution in [3.8, 4) is 17.6 Å². The van der Waals surface area contributed by atoms with E-state index in [-0.39, 0.29) is 11.7 Å². The van der Waals surface area contributed by atoms with Crippen molar-refractivity contribution in [2.75, 3.05) is 24.8 Å². The number of nitrogens with one attached hydrogen (secondary N) is 1. The SMILES string of the molecule is CCCC#CCOc1cccc(NC(=O)c2cc(C)c(COC)nc2N)c1. The Morgan fingerprint density at radius 1 is 1.30 bits per heavy atom. The van der Waals surface area contributed by atoms with E-state index in [1.54, 1.807) is 31.4 Å². The molecule has 6 heteroatoms. The smallest absolute Gasteiger partial charge is 0.259 e. The molecule has 0 bridgehead atoms. The average Bonchev–Trinajstić information content (AvgIpc) is 2.64. The van der Waals surface area contributed by atoms with E-state index >= 15 is 0 Å². The summed E-state index contributed by atoms with van der Waals surface area (Å²) in [6.45, 7) is 4.61. The van der Waals surface area contributed by atoms with Gasteiger partial charge in [-0.1, -0.05) is 24.8 Å². The molecule has 0 radical (unpaired) electrons. The van der Waals surface area contributed by atoms with Crippen LogP contribution < -0.4 is 15.8 Å². The van der Waals surface area contributed by atoms with Crippen LogP contribution in [0.4, 0.5) is 11.5 Å². The highest BCUT2D eigenvalue weighted by Crippen LogP contribution is 2.20. The Morgan fingerprint density at radius 2 is 2.11 bits per heavy atom. The molecule has 0 saturated heterocycles. The third-order valence-corrected chi connectivity index (χ3v) is 3.78. The van der Waals surface area contributed by atoms with Gasteiger partial charge in [0, 0.05) is 25.3 Å². The molecule has 1 aromatic heterocycles. The molecule has 1 aromatic carbocycles. The second kappa shape index (κ2) is 10.2. The Morgan fingerprint density at radius 3 is 2.85 bits per heavy atom. The number of carbonyl (C=O) groups is 1. The van der Waals surface area contributed by atoms with Crippen molar-refractivity contribution < 1.29 is 14.3 Å². The van der Waals surface area contributed by atoms with Gasteiger partial charge < -0.3 is 20.5 Å². The average molecular weight is 367 g/mol. The van der Waals surface area contributed by atoms with Crippen molar-refractivity contribution in [2.45, 2.75) is 33.3 Å². The summed E-state index contributed by atoms with van der Waals surface area (Å²) in [5, 5.41) is 2.82. The summed E-state index contributed by atoms with van der Waals surface area (Å²) in [6.07, 6.45) is 1.88. The number of amides is 1. The number of anilines is 2. The molecule has 1 amide bonds. The van der Waals surface area contributed by atoms with Crippen LogP contribution in [0.5, 0.6) is 5.75 Å². The molecule has 0 fully saturated rings. The van der Waals surface area contributed by atoms with E-state index in [0.29, 0.717) is 35.9 Å². The third kappa shape index (κ3) is 6.01. The monoisotopic (exact) mass is 367 g/mol. The highest BCUT2D eigenvalue weighted by atomic mass is 16.5. The minimum absolute atomic E-state index is 0.170. The van der Waals surface area contributed by atoms with Crippen LogP contribution in [0, 0.1) is 18.8 Å². The summed E-state index contributed by atoms with van der Waals surface area (Å²) >= 11 is 0. The number of hydrogen-bond donors (Lipinski definition) is 2. The van der Waals surface area contributed by atoms with Gasteiger partial charge in [-0.05, 0) is 37.1 Å². The number of aryl methyl sites for hydroxylation is 1. The molecular weight excluding hydrogens is 342 g/mol. The maximum absolute atomic E-state index is 12.6. The fourth-order valence-electron chi connectivity index (χ4n) is 2.38. The lowest BCUT2D eigenvalue weighted by molar-refractivity contribution is 0.102. The Hall–Kier alpha value is -3.04. The molecule has 142 valence electrons. The lowest BCUT2D eigenvalue weighted by Gasteiger charge is -2.11. The van der Waals surface area contributed by atoms with Gasteiger partial charge in [-0.2, -0.15) is 0 Å². The van der Waals surface area contributed by atoms with Gasteiger partial charge in [0.2, 0.25) is 0 Å². The predicted molar refractivity (Wildman–Crippen MR) is 107 cm³/mol. The van der Waals surface area contributed by atoms with E-state index < -0.39 is 0 Å². The fraction of sp³-hybridized carbons (Fsp3) is 0.333. The summed E-state index contributed by atoms with van der Waals surface area (Å²) < 4.78 is 10.7. The molecule has 27 heavy (non-hydrogen) atoms. The molecule has 6 nitrogen and oxygen atoms in total. The van der Waals surface area contributed by atoms with Crippen molar-refractivity contribution in [1.82, 2.24) is 4.98 Å². The van der Waals surface area contributed by atoms with E-state index in [9.17, 15) is 4.79 Å². The number of rotatable bonds is 7. The first-order chi connectivity index (χ1) is 13.0. The first kappa shape index (κ1) is 20.3. The van der Waals surface area contributed by atoms with Crippen LogP contribution in [-0.4, -0.2) is 24.6 Å². The highest BCUT2D eigenvalue weighted by Gasteiger charge is 2.14. The standard InChI is InChI=1S/C21H25N3O3/c1-4-5-6-7-11-27-17-10-8-9-16(13-17)23-21(25)18-12-15(2)19(14-26-3)24-20(18)22/h8-10,12-13H,4-5,11,14H2,1-3H3,(H2,22,24)(H,23,25). The Balaban J connectivity index is 2.07. The summed E-state index contributed by atoms with van der Waals surface area (Å²) in [5.74, 6) is 6.46. The van der Waals surface area contributed by atoms with Crippen LogP contribution in [0.25, 0.3) is 0 Å². The van der Waals surface area contributed by atoms with Crippen LogP contribution in [0.2, 0.25) is 0 Å². The van der Waals surface area contributed by atoms with E-state index in [1.165, 1.54) is 0 Å². The number of aromatic nitrogens is 1. The van der Waals surface area contributed by atoms with Crippen molar-refractivity contribution >= 4 is 17.4 Å². The molecule has 0 saturated carbocycles. The van der Waals surface area contributed by atoms with Gasteiger partial charge in [-0.15, -0.1) is 0 Å². The number of methoxy groups -OCH3 is 1. The van der Waals surface area contributed by atoms with E-state index in [0.717, 1.165) is 18.4 Å². The number of unbranched alkanes of at least 4 members (excludes halogenated alkanes) is 1. The number of hydrogen-bond acceptors (Lipinski definition) is 5. The Kier molecular flexibility index (Phi) is 7.65. The minimum Gasteiger partial charge on any atom is -0.481 e. The summed E-state index contributed by atoms with van der Waals surface area (Å²) in [5.41, 5.74) is 8.44. The molecule has 0 aliphatic rings. The molecule has 0 atom stereocenters. The highest BCUT2D eigenvalue weighted by molar-refractivity contribution is 6.07. The van der Waals surface area contributed by atoms with Crippen LogP contribution in [0.3, 0.4) is 0 Å². The molecular formula is C21H25N3O3. The summed E-state index contributed by atoms with van der Waals surface area (Å²) in [4.78, 5) is 16.8. The van der Waals surface area contributed by atoms with Crippen molar-refractivity contribution in [1.29, 1.82) is 0 Å². The lowest BCUT2D eigenvalue weighted by atomic mass is 10.1. The molecule has 0 spiro atoms. The molecule has 2 aromatic rings. The molecule has 1 heterocycles. The van der Waals surface area contributed by atoms with Gasteiger partial charge in [-0.3, -0.25) is 4.79 Å². The number of nitrogens with two attached hydrogens (primary N) is 1. The first-order valence-electron chi connectivity index (χ1n) is 8.80. The number of ether oxygens (including phenoxy) is 2. The van der Waals surface area contributed by atoms with Gasteiger partial charge >= 0.3 is 0 Å². The number of nitrogens with zero attached hydrogens (tertiary/aromatic N) is 1. The first-order valence-corrected chi connectivity index (χ1v) is 8.80. The van der Waals surface area contributed by atoms with Gasteiger partial charge in [0.1, 0.15) is 18.2 Å². The quantitative estimate of drug-likeness (QED) is 0.731. The predicted octanol–water partition coefficient (Wildman–Crippen LogP) is 3.55. The third-order valence-electron chi connectivity index (χ3n) is 3.78. The zero-order valence-electron chi connectivity index (χ0n) is 16.0. The van der Waals surface area contributed by atoms with E-state index in [2.05, 4.69) is 29.1 Å². The number of pyridine rings is 1. The molecule has 3 N–H and O–H groups in total. The Labute approximate surface area is 160 Å². The maximum Gasteiger partial charge on any atom is 0.259 e. The van der Waals surface area contributed by atoms with Crippen LogP contribution in [0.15, 0.2) is 30.3 Å². The molecule has 0 aliphatic carbocycles. The van der Waals surface area contributed by atoms with Gasteiger partial charge in [-0.25, -0.2) is 4.98 Å². The van der Waals surface area contributed by atoms with Crippen LogP contribution >= 0.6 is 0 Å². The zero-order chi connectivity index (χ0) is 19.6. The molecule has 2 rings (SSSR count). The van der Waals surface area contributed by atoms with Gasteiger partial charge in [0.15, 0.2) is 0 Å². The van der Waals surface area contributed by atoms with Crippen molar-refractivity contribution in [2.24, 2.45) is 0 Å². The van der Waals surface area contributed by atoms with Crippen molar-refractivity contribution in [3.63, 3.8) is 0 Å². The van der Waals surface area contributed by atoms with Gasteiger partial charge in [0.05, 0.1) is 17.9 Å². The number of benzene rings is 1. The second-order valence-corrected chi connectivity index (χ2v) is 5.99. The van der Waals surface area contributed by atoms with E-state index in [4.69, 9.17) is 15.2 Å². The normalized spacial score (nSPS) is 10.0. The largest absolute Gasteiger partial charge is 0.481 e. The van der Waals surface area contributed by atoms with Crippen LogP contribution in [-0.2, 0) is 11.3 Å². The van der Waals surface area contributed by atoms with Crippen molar-refractivity contribution in [3.05, 3.63) is 47.2 Å².